The van der Waals surface area contributed by atoms with E-state index in [1.54, 1.807) is 0 Å². The summed E-state index contributed by atoms with van der Waals surface area (Å²) in [6, 6.07) is 8.95. The average molecular weight is 459 g/mol. The maximum absolute atomic E-state index is 12.6. The van der Waals surface area contributed by atoms with Gasteiger partial charge in [-0.15, -0.1) is 0 Å². The van der Waals surface area contributed by atoms with Crippen molar-refractivity contribution >= 4 is 34.4 Å². The molecular formula is C23H34N6O4. The van der Waals surface area contributed by atoms with Crippen molar-refractivity contribution in [2.45, 2.75) is 57.2 Å². The van der Waals surface area contributed by atoms with Crippen LogP contribution in [0, 0.1) is 0 Å². The van der Waals surface area contributed by atoms with Crippen molar-refractivity contribution in [1.29, 1.82) is 0 Å². The first kappa shape index (κ1) is 26.0. The summed E-state index contributed by atoms with van der Waals surface area (Å²) in [5, 5.41) is 18.5. The number of carbonyl (C=O) groups excluding carboxylic acids is 3. The van der Waals surface area contributed by atoms with E-state index in [2.05, 4.69) is 20.9 Å². The Bertz CT molecular complexity index is 938. The number of aliphatic hydroxyl groups is 1. The molecule has 2 rings (SSSR count). The van der Waals surface area contributed by atoms with Crippen molar-refractivity contribution in [3.05, 3.63) is 36.4 Å². The average Bonchev–Trinajstić information content (AvgIpc) is 2.81. The lowest BCUT2D eigenvalue weighted by molar-refractivity contribution is -0.132. The van der Waals surface area contributed by atoms with Gasteiger partial charge in [-0.2, -0.15) is 0 Å². The van der Waals surface area contributed by atoms with Crippen molar-refractivity contribution in [1.82, 2.24) is 15.6 Å². The van der Waals surface area contributed by atoms with Crippen molar-refractivity contribution in [2.75, 3.05) is 18.5 Å². The number of hydrogen-bond acceptors (Lipinski definition) is 7. The number of nitrogens with one attached hydrogen (secondary N) is 3. The number of anilines is 1. The van der Waals surface area contributed by atoms with E-state index >= 15 is 0 Å². The van der Waals surface area contributed by atoms with Gasteiger partial charge in [0.25, 0.3) is 0 Å². The minimum Gasteiger partial charge on any atom is -0.394 e. The van der Waals surface area contributed by atoms with Crippen LogP contribution in [0.5, 0.6) is 0 Å². The third kappa shape index (κ3) is 8.32. The van der Waals surface area contributed by atoms with Gasteiger partial charge in [-0.25, -0.2) is 4.98 Å². The van der Waals surface area contributed by atoms with Crippen LogP contribution >= 0.6 is 0 Å². The zero-order valence-corrected chi connectivity index (χ0v) is 18.9. The van der Waals surface area contributed by atoms with E-state index in [0.717, 1.165) is 23.1 Å². The summed E-state index contributed by atoms with van der Waals surface area (Å²) in [7, 11) is 0. The molecule has 1 aromatic heterocycles. The number of benzene rings is 1. The number of amides is 3. The number of nitrogens with two attached hydrogens (primary N) is 2. The van der Waals surface area contributed by atoms with Crippen LogP contribution in [0.4, 0.5) is 5.82 Å². The van der Waals surface area contributed by atoms with E-state index in [1.807, 2.05) is 43.3 Å². The molecule has 0 aliphatic heterocycles. The van der Waals surface area contributed by atoms with Crippen LogP contribution in [0.3, 0.4) is 0 Å². The summed E-state index contributed by atoms with van der Waals surface area (Å²) in [6.45, 7) is 1.98. The number of aromatic nitrogens is 1. The number of fused-ring (bicyclic) bond motifs is 1. The van der Waals surface area contributed by atoms with E-state index < -0.39 is 42.5 Å². The summed E-state index contributed by atoms with van der Waals surface area (Å²) in [6.07, 6.45) is 2.76. The molecule has 0 bridgehead atoms. The third-order valence-corrected chi connectivity index (χ3v) is 5.23. The van der Waals surface area contributed by atoms with Gasteiger partial charge >= 0.3 is 0 Å². The zero-order chi connectivity index (χ0) is 24.2. The van der Waals surface area contributed by atoms with Gasteiger partial charge in [0.05, 0.1) is 12.1 Å². The fraction of sp³-hybridized carbons (Fsp3) is 0.478. The molecule has 180 valence electrons. The first-order valence-corrected chi connectivity index (χ1v) is 11.2. The Morgan fingerprint density at radius 2 is 1.73 bits per heavy atom. The summed E-state index contributed by atoms with van der Waals surface area (Å²) < 4.78 is 0. The Morgan fingerprint density at radius 3 is 2.42 bits per heavy atom. The maximum Gasteiger partial charge on any atom is 0.243 e. The fourth-order valence-electron chi connectivity index (χ4n) is 3.33. The van der Waals surface area contributed by atoms with Gasteiger partial charge in [0.1, 0.15) is 23.9 Å². The normalized spacial score (nSPS) is 13.7. The summed E-state index contributed by atoms with van der Waals surface area (Å²) >= 11 is 0. The molecule has 8 N–H and O–H groups in total. The zero-order valence-electron chi connectivity index (χ0n) is 18.9. The number of aliphatic hydroxyl groups excluding tert-OH is 1. The van der Waals surface area contributed by atoms with Crippen LogP contribution in [-0.2, 0) is 14.4 Å². The van der Waals surface area contributed by atoms with Crippen molar-refractivity contribution in [3.63, 3.8) is 0 Å². The molecule has 10 heteroatoms. The number of unbranched alkanes of at least 4 members (excludes halogenated alkanes) is 1. The summed E-state index contributed by atoms with van der Waals surface area (Å²) in [5.74, 6) is -0.999. The monoisotopic (exact) mass is 458 g/mol. The molecule has 3 unspecified atom stereocenters. The van der Waals surface area contributed by atoms with Crippen molar-refractivity contribution in [2.24, 2.45) is 11.5 Å². The van der Waals surface area contributed by atoms with Crippen LogP contribution in [0.2, 0.25) is 0 Å². The second-order valence-corrected chi connectivity index (χ2v) is 7.91. The molecule has 33 heavy (non-hydrogen) atoms. The lowest BCUT2D eigenvalue weighted by Gasteiger charge is -2.22. The van der Waals surface area contributed by atoms with Gasteiger partial charge in [0, 0.05) is 11.9 Å². The smallest absolute Gasteiger partial charge is 0.243 e. The number of rotatable bonds is 14. The number of hydrogen-bond donors (Lipinski definition) is 6. The highest BCUT2D eigenvalue weighted by Gasteiger charge is 2.26. The largest absolute Gasteiger partial charge is 0.394 e. The molecule has 0 aliphatic rings. The molecule has 1 heterocycles. The third-order valence-electron chi connectivity index (χ3n) is 5.23. The number of pyridine rings is 1. The number of nitrogens with zero attached hydrogens (tertiary/aromatic N) is 1. The molecule has 0 saturated heterocycles. The molecule has 0 saturated carbocycles. The quantitative estimate of drug-likeness (QED) is 0.222. The summed E-state index contributed by atoms with van der Waals surface area (Å²) in [4.78, 5) is 41.0. The Balaban J connectivity index is 1.81. The molecule has 0 radical (unpaired) electrons. The van der Waals surface area contributed by atoms with Crippen LogP contribution in [0.25, 0.3) is 10.9 Å². The summed E-state index contributed by atoms with van der Waals surface area (Å²) in [5.41, 5.74) is 11.9. The van der Waals surface area contributed by atoms with Crippen molar-refractivity contribution < 1.29 is 19.5 Å². The second kappa shape index (κ2) is 13.3. The Hall–Kier alpha value is -3.24. The highest BCUT2D eigenvalue weighted by atomic mass is 16.3. The maximum atomic E-state index is 12.6. The van der Waals surface area contributed by atoms with Crippen LogP contribution in [-0.4, -0.2) is 59.1 Å². The van der Waals surface area contributed by atoms with E-state index in [9.17, 15) is 14.4 Å². The van der Waals surface area contributed by atoms with Crippen LogP contribution in [0.15, 0.2) is 36.4 Å². The van der Waals surface area contributed by atoms with Crippen LogP contribution in [0.1, 0.15) is 39.0 Å². The van der Waals surface area contributed by atoms with Gasteiger partial charge in [-0.1, -0.05) is 31.5 Å². The van der Waals surface area contributed by atoms with Gasteiger partial charge in [0.15, 0.2) is 0 Å². The number of para-hydroxylation sites is 1. The predicted molar refractivity (Wildman–Crippen MR) is 127 cm³/mol. The Morgan fingerprint density at radius 1 is 1.00 bits per heavy atom. The first-order valence-electron chi connectivity index (χ1n) is 11.2. The predicted octanol–water partition coefficient (Wildman–Crippen LogP) is 0.392. The molecule has 3 atom stereocenters. The SMILES string of the molecule is CCCC(NC(=O)C(N)CO)C(=O)NC(CCCCNc1ccc2ccccc2n1)C(N)=O. The minimum absolute atomic E-state index is 0.365. The molecule has 10 nitrogen and oxygen atoms in total. The van der Waals surface area contributed by atoms with E-state index in [4.69, 9.17) is 16.6 Å². The van der Waals surface area contributed by atoms with Crippen molar-refractivity contribution in [3.8, 4) is 0 Å². The second-order valence-electron chi connectivity index (χ2n) is 7.91. The van der Waals surface area contributed by atoms with Gasteiger partial charge in [-0.3, -0.25) is 14.4 Å². The van der Waals surface area contributed by atoms with Gasteiger partial charge in [0.2, 0.25) is 17.7 Å². The minimum atomic E-state index is -1.12. The van der Waals surface area contributed by atoms with E-state index in [-0.39, 0.29) is 0 Å². The van der Waals surface area contributed by atoms with Gasteiger partial charge in [-0.05, 0) is 43.9 Å². The van der Waals surface area contributed by atoms with E-state index in [1.165, 1.54) is 0 Å². The molecule has 0 fully saturated rings. The Kier molecular flexibility index (Phi) is 10.5. The van der Waals surface area contributed by atoms with E-state index in [0.29, 0.717) is 32.2 Å². The molecule has 3 amide bonds. The Labute approximate surface area is 193 Å². The standard InChI is InChI=1S/C23H34N6O4/c1-2-7-19(29-22(32)16(24)14-30)23(33)28-18(21(25)31)10-5-6-13-26-20-12-11-15-8-3-4-9-17(15)27-20/h3-4,8-9,11-12,16,18-19,30H,2,5-7,10,13-14,24H2,1H3,(H2,25,31)(H,26,27)(H,28,33)(H,29,32). The molecule has 1 aromatic carbocycles. The highest BCUT2D eigenvalue weighted by molar-refractivity contribution is 5.92. The molecular weight excluding hydrogens is 424 g/mol. The lowest BCUT2D eigenvalue weighted by Crippen LogP contribution is -2.55. The van der Waals surface area contributed by atoms with Gasteiger partial charge < -0.3 is 32.5 Å². The number of carbonyl (C=O) groups is 3. The number of primary amides is 1. The topological polar surface area (TPSA) is 172 Å². The fourth-order valence-corrected chi connectivity index (χ4v) is 3.33. The molecule has 0 spiro atoms. The van der Waals surface area contributed by atoms with Crippen LogP contribution < -0.4 is 27.4 Å². The molecule has 0 aliphatic carbocycles. The highest BCUT2D eigenvalue weighted by Crippen LogP contribution is 2.14. The lowest BCUT2D eigenvalue weighted by atomic mass is 10.1. The first-order chi connectivity index (χ1) is 15.8. The molecule has 2 aromatic rings.